The molecule has 0 fully saturated rings. The molecule has 0 spiro atoms. The molecule has 54 heavy (non-hydrogen) atoms. The SMILES string of the molecule is O=C([O-])Cc1coc2cc(N(Cc3ccc(CN(CCc4ccccc4)c4nc(-c5ccccc5)cs4)cc3)S(=O)(=O)c3ccccc3[N+](=O)[O-])ccc12. The Morgan fingerprint density at radius 3 is 2.19 bits per heavy atom. The Morgan fingerprint density at radius 2 is 1.48 bits per heavy atom. The minimum atomic E-state index is -4.50. The smallest absolute Gasteiger partial charge is 0.289 e. The Labute approximate surface area is 315 Å². The lowest BCUT2D eigenvalue weighted by molar-refractivity contribution is -0.387. The Morgan fingerprint density at radius 1 is 0.815 bits per heavy atom. The van der Waals surface area contributed by atoms with Crippen molar-refractivity contribution in [2.24, 2.45) is 0 Å². The van der Waals surface area contributed by atoms with E-state index in [1.807, 2.05) is 72.8 Å². The number of para-hydroxylation sites is 1. The zero-order valence-corrected chi connectivity index (χ0v) is 30.4. The van der Waals surface area contributed by atoms with Crippen LogP contribution in [0.25, 0.3) is 22.2 Å². The molecule has 0 aliphatic rings. The third kappa shape index (κ3) is 8.02. The first-order valence-corrected chi connectivity index (χ1v) is 19.3. The number of aliphatic carboxylic acids is 1. The topological polar surface area (TPSA) is 150 Å². The fraction of sp³-hybridized carbons (Fsp3) is 0.122. The van der Waals surface area contributed by atoms with Crippen molar-refractivity contribution in [3.05, 3.63) is 171 Å². The second kappa shape index (κ2) is 15.7. The molecule has 0 N–H and O–H groups in total. The first kappa shape index (κ1) is 36.1. The summed E-state index contributed by atoms with van der Waals surface area (Å²) >= 11 is 1.58. The normalized spacial score (nSPS) is 11.4. The zero-order valence-electron chi connectivity index (χ0n) is 28.8. The van der Waals surface area contributed by atoms with Gasteiger partial charge in [0, 0.05) is 59.5 Å². The molecule has 2 heterocycles. The van der Waals surface area contributed by atoms with E-state index in [4.69, 9.17) is 9.40 Å². The maximum absolute atomic E-state index is 14.3. The van der Waals surface area contributed by atoms with Gasteiger partial charge in [-0.1, -0.05) is 97.1 Å². The lowest BCUT2D eigenvalue weighted by atomic mass is 10.1. The number of nitro benzene ring substituents is 1. The lowest BCUT2D eigenvalue weighted by Gasteiger charge is -2.25. The van der Waals surface area contributed by atoms with Crippen molar-refractivity contribution in [1.82, 2.24) is 4.98 Å². The van der Waals surface area contributed by atoms with E-state index in [0.29, 0.717) is 23.1 Å². The summed E-state index contributed by atoms with van der Waals surface area (Å²) in [5.74, 6) is -1.28. The third-order valence-electron chi connectivity index (χ3n) is 8.96. The van der Waals surface area contributed by atoms with Crippen LogP contribution in [0.4, 0.5) is 16.5 Å². The van der Waals surface area contributed by atoms with Crippen LogP contribution >= 0.6 is 11.3 Å². The maximum Gasteiger partial charge on any atom is 0.289 e. The molecule has 272 valence electrons. The second-order valence-corrected chi connectivity index (χ2v) is 15.2. The molecular formula is C41H33N4O7S2-. The number of aromatic nitrogens is 1. The van der Waals surface area contributed by atoms with Gasteiger partial charge in [0.15, 0.2) is 10.0 Å². The highest BCUT2D eigenvalue weighted by Crippen LogP contribution is 2.34. The minimum absolute atomic E-state index is 0.155. The number of sulfonamides is 1. The van der Waals surface area contributed by atoms with Crippen molar-refractivity contribution in [2.45, 2.75) is 30.8 Å². The number of benzene rings is 5. The second-order valence-electron chi connectivity index (χ2n) is 12.6. The van der Waals surface area contributed by atoms with Gasteiger partial charge in [0.1, 0.15) is 5.58 Å². The minimum Gasteiger partial charge on any atom is -0.550 e. The van der Waals surface area contributed by atoms with Crippen molar-refractivity contribution in [2.75, 3.05) is 15.7 Å². The molecule has 7 aromatic rings. The Kier molecular flexibility index (Phi) is 10.5. The largest absolute Gasteiger partial charge is 0.550 e. The van der Waals surface area contributed by atoms with Crippen LogP contribution in [0.1, 0.15) is 22.3 Å². The lowest BCUT2D eigenvalue weighted by Crippen LogP contribution is -2.31. The van der Waals surface area contributed by atoms with Crippen molar-refractivity contribution in [3.63, 3.8) is 0 Å². The van der Waals surface area contributed by atoms with Crippen LogP contribution in [0.2, 0.25) is 0 Å². The average Bonchev–Trinajstić information content (AvgIpc) is 3.84. The molecule has 0 amide bonds. The Balaban J connectivity index is 1.19. The van der Waals surface area contributed by atoms with Gasteiger partial charge in [-0.2, -0.15) is 0 Å². The number of fused-ring (bicyclic) bond motifs is 1. The maximum atomic E-state index is 14.3. The number of hydrogen-bond acceptors (Lipinski definition) is 10. The van der Waals surface area contributed by atoms with E-state index >= 15 is 0 Å². The number of carbonyl (C=O) groups excluding carboxylic acids is 1. The van der Waals surface area contributed by atoms with E-state index in [2.05, 4.69) is 22.4 Å². The fourth-order valence-electron chi connectivity index (χ4n) is 6.22. The molecular weight excluding hydrogens is 725 g/mol. The molecule has 5 aromatic carbocycles. The van der Waals surface area contributed by atoms with Crippen LogP contribution in [-0.2, 0) is 40.7 Å². The molecule has 11 nitrogen and oxygen atoms in total. The summed E-state index contributed by atoms with van der Waals surface area (Å²) in [6, 6.07) is 37.6. The number of anilines is 2. The van der Waals surface area contributed by atoms with E-state index in [1.165, 1.54) is 42.2 Å². The molecule has 0 atom stereocenters. The molecule has 0 saturated carbocycles. The molecule has 7 rings (SSSR count). The first-order chi connectivity index (χ1) is 26.2. The molecule has 0 aliphatic carbocycles. The molecule has 2 aromatic heterocycles. The summed E-state index contributed by atoms with van der Waals surface area (Å²) in [6.45, 7) is 1.11. The highest BCUT2D eigenvalue weighted by Gasteiger charge is 2.32. The van der Waals surface area contributed by atoms with Crippen molar-refractivity contribution in [3.8, 4) is 11.3 Å². The number of carboxylic acids is 1. The van der Waals surface area contributed by atoms with E-state index in [0.717, 1.165) is 45.3 Å². The molecule has 0 unspecified atom stereocenters. The highest BCUT2D eigenvalue weighted by atomic mass is 32.2. The van der Waals surface area contributed by atoms with Gasteiger partial charge in [-0.25, -0.2) is 13.4 Å². The van der Waals surface area contributed by atoms with Crippen LogP contribution in [0, 0.1) is 10.1 Å². The summed E-state index contributed by atoms with van der Waals surface area (Å²) in [6.07, 6.45) is 1.73. The van der Waals surface area contributed by atoms with Gasteiger partial charge in [0.05, 0.1) is 29.1 Å². The highest BCUT2D eigenvalue weighted by molar-refractivity contribution is 7.93. The Bertz CT molecular complexity index is 2520. The summed E-state index contributed by atoms with van der Waals surface area (Å²) in [5.41, 5.74) is 5.03. The van der Waals surface area contributed by atoms with Gasteiger partial charge in [-0.15, -0.1) is 11.3 Å². The van der Waals surface area contributed by atoms with Crippen LogP contribution in [-0.4, -0.2) is 30.8 Å². The fourth-order valence-corrected chi connectivity index (χ4v) is 8.68. The predicted molar refractivity (Wildman–Crippen MR) is 207 cm³/mol. The number of nitrogens with zero attached hydrogens (tertiary/aromatic N) is 4. The quantitative estimate of drug-likeness (QED) is 0.0770. The monoisotopic (exact) mass is 757 g/mol. The number of thiazole rings is 1. The summed E-state index contributed by atoms with van der Waals surface area (Å²) in [4.78, 5) is 29.2. The number of carboxylic acid groups (broad SMARTS) is 1. The number of hydrogen-bond donors (Lipinski definition) is 0. The molecule has 0 saturated heterocycles. The standard InChI is InChI=1S/C41H34N4O7S2/c46-40(47)23-33-27-52-38-24-34(19-20-35(33)38)44(54(50,51)39-14-8-7-13-37(39)45(48)49)26-31-17-15-30(16-18-31)25-43(22-21-29-9-3-1-4-10-29)41-42-36(28-53-41)32-11-5-2-6-12-32/h1-20,24,27-28H,21-23,25-26H2,(H,46,47)/p-1. The van der Waals surface area contributed by atoms with Crippen molar-refractivity contribution >= 4 is 54.8 Å². The molecule has 0 radical (unpaired) electrons. The zero-order chi connectivity index (χ0) is 37.7. The predicted octanol–water partition coefficient (Wildman–Crippen LogP) is 7.40. The van der Waals surface area contributed by atoms with E-state index < -0.39 is 31.5 Å². The van der Waals surface area contributed by atoms with Crippen LogP contribution in [0.5, 0.6) is 0 Å². The van der Waals surface area contributed by atoms with E-state index in [1.54, 1.807) is 17.4 Å². The van der Waals surface area contributed by atoms with Crippen LogP contribution in [0.3, 0.4) is 0 Å². The van der Waals surface area contributed by atoms with E-state index in [-0.39, 0.29) is 24.2 Å². The van der Waals surface area contributed by atoms with Gasteiger partial charge < -0.3 is 19.2 Å². The average molecular weight is 758 g/mol. The third-order valence-corrected chi connectivity index (χ3v) is 11.7. The number of carbonyl (C=O) groups is 1. The van der Waals surface area contributed by atoms with Gasteiger partial charge >= 0.3 is 0 Å². The number of nitro groups is 1. The Hall–Kier alpha value is -6.31. The van der Waals surface area contributed by atoms with Gasteiger partial charge in [-0.05, 0) is 41.3 Å². The molecule has 0 bridgehead atoms. The molecule has 13 heteroatoms. The number of rotatable bonds is 15. The molecule has 0 aliphatic heterocycles. The van der Waals surface area contributed by atoms with Gasteiger partial charge in [0.25, 0.3) is 15.7 Å². The van der Waals surface area contributed by atoms with E-state index in [9.17, 15) is 28.4 Å². The number of furan rings is 1. The van der Waals surface area contributed by atoms with Crippen LogP contribution < -0.4 is 14.3 Å². The van der Waals surface area contributed by atoms with Crippen molar-refractivity contribution < 1.29 is 27.7 Å². The first-order valence-electron chi connectivity index (χ1n) is 17.0. The summed E-state index contributed by atoms with van der Waals surface area (Å²) in [5, 5.41) is 26.6. The van der Waals surface area contributed by atoms with Gasteiger partial charge in [0.2, 0.25) is 0 Å². The van der Waals surface area contributed by atoms with Crippen LogP contribution in [0.15, 0.2) is 148 Å². The van der Waals surface area contributed by atoms with Gasteiger partial charge in [-0.3, -0.25) is 14.4 Å². The summed E-state index contributed by atoms with van der Waals surface area (Å²) in [7, 11) is -4.50. The summed E-state index contributed by atoms with van der Waals surface area (Å²) < 4.78 is 35.3. The van der Waals surface area contributed by atoms with Crippen molar-refractivity contribution in [1.29, 1.82) is 0 Å².